The summed E-state index contributed by atoms with van der Waals surface area (Å²) in [5.41, 5.74) is 11.2. The van der Waals surface area contributed by atoms with Gasteiger partial charge in [0, 0.05) is 105 Å². The third-order valence-electron chi connectivity index (χ3n) is 23.6. The molecule has 0 aliphatic carbocycles. The largest absolute Gasteiger partial charge is 0.496 e. The van der Waals surface area contributed by atoms with Crippen molar-refractivity contribution in [3.8, 4) is 28.6 Å². The zero-order valence-electron chi connectivity index (χ0n) is 82.5. The van der Waals surface area contributed by atoms with Crippen LogP contribution in [0.2, 0.25) is 5.02 Å². The van der Waals surface area contributed by atoms with Gasteiger partial charge in [0.15, 0.2) is 0 Å². The standard InChI is InChI=1S/C25H23NO3.C24H23ClN2O3S.C22H27N3O.C22H24N2O4S2.C21H19N5O2S/c1-19-14-15-23(29-19)18-26(17-22-13-8-16-28-22)25(27)24(20-9-4-2-5-10-20)21-11-6-3-7-12-21;1-30-22-8-3-2-6-18(22)15-26(16-19-7-5-13-31-19)24(29)17-10-11-20(25)21(14-17)27-12-4-9-23(27)28;1-17-8-7-9-18(12-17)14-25(15-19-10-5-6-11-23-19)16-21-24-13-20(26-21)22(2,3)4;1-23(2)30(26,27)20-12-10-17(11-13-20)22(25)24(16-19-8-6-14-29-19)15-18-7-4-5-9-21(18)28-3;1-28-19-7-3-2-5-17(19)13-26(14-18-6-4-12-29-18)21(27)16-10-8-15(9-11-16)20-22-24-25-23-20/h2-16,24H,17-18H2,1H3;2-3,5-8,10-11,13-14H,4,9,12,15-16H2,1H3;5-13H,14-16H2,1-4H3;4-14H,15-16H2,1-3H3;2-12H,13-14H2,1H3,(H,22,23,24,25). The van der Waals surface area contributed by atoms with Gasteiger partial charge in [0.05, 0.1) is 120 Å². The molecule has 0 spiro atoms. The maximum absolute atomic E-state index is 13.8. The van der Waals surface area contributed by atoms with Crippen molar-refractivity contribution in [2.75, 3.05) is 46.9 Å². The van der Waals surface area contributed by atoms with Gasteiger partial charge in [-0.1, -0.05) is 214 Å². The molecule has 1 aliphatic heterocycles. The van der Waals surface area contributed by atoms with Crippen LogP contribution < -0.4 is 19.1 Å². The second-order valence-electron chi connectivity index (χ2n) is 35.5. The van der Waals surface area contributed by atoms with E-state index in [1.165, 1.54) is 37.4 Å². The van der Waals surface area contributed by atoms with Gasteiger partial charge < -0.3 is 52.0 Å². The predicted molar refractivity (Wildman–Crippen MR) is 567 cm³/mol. The van der Waals surface area contributed by atoms with Crippen LogP contribution in [0.25, 0.3) is 11.4 Å². The molecule has 26 nitrogen and oxygen atoms in total. The average molecular weight is 2040 g/mol. The van der Waals surface area contributed by atoms with Crippen LogP contribution in [0.1, 0.15) is 159 Å². The molecule has 1 N–H and O–H groups in total. The molecule has 9 heterocycles. The quantitative estimate of drug-likeness (QED) is 0.0386. The summed E-state index contributed by atoms with van der Waals surface area (Å²) in [4.78, 5) is 89.8. The van der Waals surface area contributed by atoms with E-state index in [0.717, 1.165) is 118 Å². The minimum atomic E-state index is -3.54. The number of sulfonamides is 1. The molecule has 145 heavy (non-hydrogen) atoms. The summed E-state index contributed by atoms with van der Waals surface area (Å²) in [5.74, 6) is 6.00. The first-order valence-corrected chi connectivity index (χ1v) is 51.6. The van der Waals surface area contributed by atoms with Gasteiger partial charge in [-0.3, -0.25) is 33.9 Å². The predicted octanol–water partition coefficient (Wildman–Crippen LogP) is 23.4. The molecule has 8 aromatic heterocycles. The number of anilines is 1. The number of pyridine rings is 1. The van der Waals surface area contributed by atoms with E-state index in [4.69, 9.17) is 39.1 Å². The Bertz CT molecular complexity index is 7040. The lowest BCUT2D eigenvalue weighted by Gasteiger charge is -2.27. The second kappa shape index (κ2) is 51.8. The maximum atomic E-state index is 13.8. The summed E-state index contributed by atoms with van der Waals surface area (Å²) >= 11 is 11.2. The van der Waals surface area contributed by atoms with E-state index in [0.29, 0.717) is 111 Å². The van der Waals surface area contributed by atoms with E-state index in [9.17, 15) is 32.4 Å². The number of carbonyl (C=O) groups is 5. The Morgan fingerprint density at radius 3 is 1.48 bits per heavy atom. The number of aromatic amines is 1. The lowest BCUT2D eigenvalue weighted by atomic mass is 9.90. The van der Waals surface area contributed by atoms with Crippen molar-refractivity contribution >= 4 is 90.9 Å². The van der Waals surface area contributed by atoms with Crippen LogP contribution in [0.3, 0.4) is 0 Å². The molecule has 746 valence electrons. The fourth-order valence-electron chi connectivity index (χ4n) is 16.2. The first kappa shape index (κ1) is 106. The number of carbonyl (C=O) groups excluding carboxylic acids is 5. The highest BCUT2D eigenvalue weighted by Gasteiger charge is 2.32. The minimum Gasteiger partial charge on any atom is -0.496 e. The van der Waals surface area contributed by atoms with Gasteiger partial charge in [0.1, 0.15) is 40.3 Å². The molecule has 0 atom stereocenters. The Kier molecular flexibility index (Phi) is 37.8. The third-order valence-corrected chi connectivity index (χ3v) is 28.4. The monoisotopic (exact) mass is 2040 g/mol. The van der Waals surface area contributed by atoms with Crippen LogP contribution in [-0.2, 0) is 97.0 Å². The van der Waals surface area contributed by atoms with E-state index >= 15 is 0 Å². The van der Waals surface area contributed by atoms with Gasteiger partial charge in [-0.05, 0) is 186 Å². The summed E-state index contributed by atoms with van der Waals surface area (Å²) in [7, 11) is 4.28. The Morgan fingerprint density at radius 1 is 0.503 bits per heavy atom. The van der Waals surface area contributed by atoms with E-state index < -0.39 is 15.9 Å². The van der Waals surface area contributed by atoms with Crippen molar-refractivity contribution in [2.45, 2.75) is 136 Å². The normalized spacial score (nSPS) is 11.7. The van der Waals surface area contributed by atoms with Crippen molar-refractivity contribution in [1.82, 2.24) is 59.4 Å². The molecule has 5 amide bonds. The van der Waals surface area contributed by atoms with Crippen molar-refractivity contribution in [3.63, 3.8) is 0 Å². The first-order valence-electron chi connectivity index (χ1n) is 47.1. The molecule has 18 rings (SSSR count). The average Bonchev–Trinajstić information content (AvgIpc) is 1.80. The molecular formula is C114H116ClN13O13S4. The van der Waals surface area contributed by atoms with Crippen LogP contribution >= 0.6 is 45.6 Å². The number of thiophene rings is 3. The Hall–Kier alpha value is -15.0. The number of rotatable bonds is 35. The van der Waals surface area contributed by atoms with E-state index in [1.54, 1.807) is 124 Å². The number of aromatic nitrogens is 6. The van der Waals surface area contributed by atoms with Crippen LogP contribution in [0, 0.1) is 13.8 Å². The van der Waals surface area contributed by atoms with Gasteiger partial charge in [0.25, 0.3) is 17.7 Å². The van der Waals surface area contributed by atoms with Gasteiger partial charge in [0.2, 0.25) is 33.6 Å². The molecule has 1 aliphatic rings. The summed E-state index contributed by atoms with van der Waals surface area (Å²) in [5, 5.41) is 20.4. The van der Waals surface area contributed by atoms with Crippen molar-refractivity contribution in [1.29, 1.82) is 0 Å². The molecule has 0 bridgehead atoms. The minimum absolute atomic E-state index is 0.00727. The number of hydrogen-bond donors (Lipinski definition) is 1. The number of aryl methyl sites for hydroxylation is 2. The zero-order valence-corrected chi connectivity index (χ0v) is 86.5. The number of halogens is 1. The zero-order chi connectivity index (χ0) is 102. The molecule has 1 saturated heterocycles. The fourth-order valence-corrected chi connectivity index (χ4v) is 19.5. The molecule has 31 heteroatoms. The fraction of sp³-hybridized carbons (Fsp3) is 0.228. The number of benzene rings is 9. The molecule has 17 aromatic rings. The SMILES string of the molecule is COc1ccccc1CN(Cc1cccs1)C(=O)c1ccc(-c2nn[nH]n2)cc1.COc1ccccc1CN(Cc1cccs1)C(=O)c1ccc(Cl)c(N2CCCC2=O)c1.COc1ccccc1CN(Cc1cccs1)C(=O)c1ccc(S(=O)(=O)N(C)C)cc1.Cc1ccc(CN(Cc2ccco2)C(=O)C(c2ccccc2)c2ccccc2)o1.Cc1cccc(CN(Cc2ccccn2)Cc2ncc(C(C)(C)C)o2)c1. The number of nitrogens with zero attached hydrogens (tertiary/aromatic N) is 12. The summed E-state index contributed by atoms with van der Waals surface area (Å²) < 4.78 is 59.4. The topological polar surface area (TPSA) is 290 Å². The maximum Gasteiger partial charge on any atom is 0.254 e. The smallest absolute Gasteiger partial charge is 0.254 e. The Labute approximate surface area is 863 Å². The number of ether oxygens (including phenoxy) is 3. The van der Waals surface area contributed by atoms with E-state index in [2.05, 4.69) is 93.5 Å². The molecular weight excluding hydrogens is 1920 g/mol. The molecule has 0 unspecified atom stereocenters. The van der Waals surface area contributed by atoms with Crippen LogP contribution in [0.4, 0.5) is 5.69 Å². The van der Waals surface area contributed by atoms with Crippen LogP contribution in [-0.4, -0.2) is 139 Å². The van der Waals surface area contributed by atoms with Crippen molar-refractivity contribution < 1.29 is 59.9 Å². The summed E-state index contributed by atoms with van der Waals surface area (Å²) in [6.45, 7) is 16.7. The molecule has 9 aromatic carbocycles. The van der Waals surface area contributed by atoms with Gasteiger partial charge >= 0.3 is 0 Å². The highest BCUT2D eigenvalue weighted by molar-refractivity contribution is 7.89. The number of methoxy groups -OCH3 is 3. The highest BCUT2D eigenvalue weighted by Crippen LogP contribution is 2.36. The lowest BCUT2D eigenvalue weighted by molar-refractivity contribution is -0.133. The van der Waals surface area contributed by atoms with E-state index in [-0.39, 0.29) is 39.8 Å². The van der Waals surface area contributed by atoms with Gasteiger partial charge in [-0.25, -0.2) is 17.7 Å². The second-order valence-corrected chi connectivity index (χ2v) is 41.1. The van der Waals surface area contributed by atoms with Crippen LogP contribution in [0.5, 0.6) is 17.2 Å². The number of furan rings is 2. The highest BCUT2D eigenvalue weighted by atomic mass is 35.5. The van der Waals surface area contributed by atoms with Crippen molar-refractivity contribution in [3.05, 3.63) is 448 Å². The van der Waals surface area contributed by atoms with Crippen molar-refractivity contribution in [2.24, 2.45) is 0 Å². The number of H-pyrrole nitrogens is 1. The first-order chi connectivity index (χ1) is 70.2. The number of tetrazole rings is 1. The number of amides is 5. The van der Waals surface area contributed by atoms with Gasteiger partial charge in [-0.15, -0.1) is 44.2 Å². The van der Waals surface area contributed by atoms with Crippen LogP contribution in [0.15, 0.2) is 356 Å². The van der Waals surface area contributed by atoms with Gasteiger partial charge in [-0.2, -0.15) is 5.21 Å². The third kappa shape index (κ3) is 29.8. The lowest BCUT2D eigenvalue weighted by Crippen LogP contribution is -2.34. The number of oxazole rings is 1. The number of nitrogens with one attached hydrogen (secondary N) is 1. The summed E-state index contributed by atoms with van der Waals surface area (Å²) in [6.07, 6.45) is 6.61. The molecule has 1 fully saturated rings. The summed E-state index contributed by atoms with van der Waals surface area (Å²) in [6, 6.07) is 95.4. The molecule has 0 radical (unpaired) electrons. The Balaban J connectivity index is 0.000000144. The number of para-hydroxylation sites is 3. The Morgan fingerprint density at radius 2 is 1.03 bits per heavy atom. The molecule has 0 saturated carbocycles. The van der Waals surface area contributed by atoms with E-state index in [1.807, 2.05) is 259 Å². The number of hydrogen-bond acceptors (Lipinski definition) is 22.